The van der Waals surface area contributed by atoms with Gasteiger partial charge in [-0.25, -0.2) is 0 Å². The molecule has 1 nitrogen and oxygen atoms in total. The summed E-state index contributed by atoms with van der Waals surface area (Å²) >= 11 is 4.26. The Morgan fingerprint density at radius 2 is 0.481 bits per heavy atom. The molecule has 1 N–H and O–H groups in total. The van der Waals surface area contributed by atoms with Crippen molar-refractivity contribution in [2.45, 2.75) is 148 Å². The van der Waals surface area contributed by atoms with Crippen LogP contribution in [0.25, 0.3) is 0 Å². The smallest absolute Gasteiger partial charge is 0.0431 e. The molecule has 0 saturated heterocycles. The lowest BCUT2D eigenvalue weighted by Gasteiger charge is -2.04. The standard InChI is InChI=1S/C25H52OS/c26-24-22-20-18-16-14-12-10-8-6-4-2-1-3-5-7-9-11-13-15-17-19-21-23-25-27/h26-27H,1-25H2. The Morgan fingerprint density at radius 3 is 0.667 bits per heavy atom. The van der Waals surface area contributed by atoms with Gasteiger partial charge in [-0.3, -0.25) is 0 Å². The maximum atomic E-state index is 8.74. The zero-order valence-corrected chi connectivity index (χ0v) is 19.5. The molecule has 0 bridgehead atoms. The molecule has 2 heteroatoms. The molecule has 0 radical (unpaired) electrons. The molecular weight excluding hydrogens is 348 g/mol. The van der Waals surface area contributed by atoms with Gasteiger partial charge < -0.3 is 5.11 Å². The second kappa shape index (κ2) is 26.3. The van der Waals surface area contributed by atoms with Crippen LogP contribution in [0.4, 0.5) is 0 Å². The molecule has 164 valence electrons. The van der Waals surface area contributed by atoms with Gasteiger partial charge >= 0.3 is 0 Å². The normalized spacial score (nSPS) is 11.3. The van der Waals surface area contributed by atoms with Crippen LogP contribution < -0.4 is 0 Å². The van der Waals surface area contributed by atoms with E-state index in [1.54, 1.807) is 0 Å². The molecule has 0 rings (SSSR count). The Labute approximate surface area is 177 Å². The third-order valence-electron chi connectivity index (χ3n) is 5.82. The fourth-order valence-corrected chi connectivity index (χ4v) is 4.16. The van der Waals surface area contributed by atoms with Gasteiger partial charge in [0.25, 0.3) is 0 Å². The highest BCUT2D eigenvalue weighted by Gasteiger charge is 1.95. The van der Waals surface area contributed by atoms with E-state index in [0.717, 1.165) is 12.2 Å². The molecule has 0 aliphatic heterocycles. The van der Waals surface area contributed by atoms with Crippen LogP contribution in [0.15, 0.2) is 0 Å². The maximum absolute atomic E-state index is 8.74. The van der Waals surface area contributed by atoms with Gasteiger partial charge in [-0.2, -0.15) is 12.6 Å². The summed E-state index contributed by atoms with van der Waals surface area (Å²) in [6, 6.07) is 0. The number of thiol groups is 1. The van der Waals surface area contributed by atoms with Gasteiger partial charge in [0.2, 0.25) is 0 Å². The minimum atomic E-state index is 0.372. The van der Waals surface area contributed by atoms with E-state index in [0.29, 0.717) is 6.61 Å². The van der Waals surface area contributed by atoms with Gasteiger partial charge in [0, 0.05) is 6.61 Å². The summed E-state index contributed by atoms with van der Waals surface area (Å²) in [7, 11) is 0. The third kappa shape index (κ3) is 26.3. The Kier molecular flexibility index (Phi) is 26.6. The Hall–Kier alpha value is 0.310. The van der Waals surface area contributed by atoms with Crippen molar-refractivity contribution < 1.29 is 5.11 Å². The van der Waals surface area contributed by atoms with Crippen LogP contribution in [0.5, 0.6) is 0 Å². The molecule has 0 fully saturated rings. The van der Waals surface area contributed by atoms with Crippen molar-refractivity contribution in [2.75, 3.05) is 12.4 Å². The fourth-order valence-electron chi connectivity index (χ4n) is 3.94. The first-order valence-electron chi connectivity index (χ1n) is 12.6. The van der Waals surface area contributed by atoms with Crippen LogP contribution in [0, 0.1) is 0 Å². The summed E-state index contributed by atoms with van der Waals surface area (Å²) in [6.45, 7) is 0.372. The monoisotopic (exact) mass is 400 g/mol. The summed E-state index contributed by atoms with van der Waals surface area (Å²) in [5.41, 5.74) is 0. The molecule has 0 aromatic rings. The molecule has 27 heavy (non-hydrogen) atoms. The van der Waals surface area contributed by atoms with Crippen LogP contribution in [-0.2, 0) is 0 Å². The van der Waals surface area contributed by atoms with Crippen LogP contribution >= 0.6 is 12.6 Å². The van der Waals surface area contributed by atoms with Gasteiger partial charge in [0.05, 0.1) is 0 Å². The van der Waals surface area contributed by atoms with Gasteiger partial charge in [0.1, 0.15) is 0 Å². The average molecular weight is 401 g/mol. The average Bonchev–Trinajstić information content (AvgIpc) is 2.68. The highest BCUT2D eigenvalue weighted by molar-refractivity contribution is 7.80. The van der Waals surface area contributed by atoms with Crippen molar-refractivity contribution >= 4 is 12.6 Å². The second-order valence-corrected chi connectivity index (χ2v) is 9.03. The number of aliphatic hydroxyl groups excluding tert-OH is 1. The van der Waals surface area contributed by atoms with E-state index < -0.39 is 0 Å². The third-order valence-corrected chi connectivity index (χ3v) is 6.13. The van der Waals surface area contributed by atoms with Crippen molar-refractivity contribution in [2.24, 2.45) is 0 Å². The number of rotatable bonds is 24. The maximum Gasteiger partial charge on any atom is 0.0431 e. The summed E-state index contributed by atoms with van der Waals surface area (Å²) in [6.07, 6.45) is 32.3. The molecule has 0 heterocycles. The Morgan fingerprint density at radius 1 is 0.296 bits per heavy atom. The summed E-state index contributed by atoms with van der Waals surface area (Å²) in [5, 5.41) is 8.74. The number of hydrogen-bond donors (Lipinski definition) is 2. The zero-order chi connectivity index (χ0) is 19.7. The molecule has 0 unspecified atom stereocenters. The van der Waals surface area contributed by atoms with Gasteiger partial charge in [-0.15, -0.1) is 0 Å². The largest absolute Gasteiger partial charge is 0.396 e. The molecule has 0 aliphatic rings. The first-order chi connectivity index (χ1) is 13.4. The van der Waals surface area contributed by atoms with Crippen LogP contribution in [0.1, 0.15) is 148 Å². The minimum Gasteiger partial charge on any atom is -0.396 e. The quantitative estimate of drug-likeness (QED) is 0.122. The number of unbranched alkanes of at least 4 members (excludes halogenated alkanes) is 22. The van der Waals surface area contributed by atoms with Crippen molar-refractivity contribution in [3.8, 4) is 0 Å². The van der Waals surface area contributed by atoms with Gasteiger partial charge in [-0.05, 0) is 18.6 Å². The lowest BCUT2D eigenvalue weighted by Crippen LogP contribution is -1.85. The van der Waals surface area contributed by atoms with E-state index in [1.807, 2.05) is 0 Å². The first-order valence-corrected chi connectivity index (χ1v) is 13.3. The molecule has 0 amide bonds. The number of hydrogen-bond acceptors (Lipinski definition) is 2. The highest BCUT2D eigenvalue weighted by Crippen LogP contribution is 2.15. The Balaban J connectivity index is 2.95. The van der Waals surface area contributed by atoms with E-state index >= 15 is 0 Å². The van der Waals surface area contributed by atoms with E-state index in [1.165, 1.54) is 141 Å². The number of aliphatic hydroxyl groups is 1. The van der Waals surface area contributed by atoms with E-state index in [4.69, 9.17) is 5.11 Å². The highest BCUT2D eigenvalue weighted by atomic mass is 32.1. The molecule has 0 aliphatic carbocycles. The summed E-state index contributed by atoms with van der Waals surface area (Å²) in [4.78, 5) is 0. The molecular formula is C25H52OS. The van der Waals surface area contributed by atoms with Gasteiger partial charge in [0.15, 0.2) is 0 Å². The van der Waals surface area contributed by atoms with Crippen molar-refractivity contribution in [3.05, 3.63) is 0 Å². The van der Waals surface area contributed by atoms with Crippen molar-refractivity contribution in [3.63, 3.8) is 0 Å². The molecule has 0 aromatic heterocycles. The molecule has 0 atom stereocenters. The second-order valence-electron chi connectivity index (χ2n) is 8.58. The molecule has 0 saturated carbocycles. The van der Waals surface area contributed by atoms with Gasteiger partial charge in [-0.1, -0.05) is 135 Å². The van der Waals surface area contributed by atoms with Crippen LogP contribution in [0.2, 0.25) is 0 Å². The lowest BCUT2D eigenvalue weighted by atomic mass is 10.0. The molecule has 0 aromatic carbocycles. The molecule has 0 spiro atoms. The lowest BCUT2D eigenvalue weighted by molar-refractivity contribution is 0.282. The van der Waals surface area contributed by atoms with E-state index in [-0.39, 0.29) is 0 Å². The first kappa shape index (κ1) is 27.3. The summed E-state index contributed by atoms with van der Waals surface area (Å²) < 4.78 is 0. The van der Waals surface area contributed by atoms with E-state index in [2.05, 4.69) is 12.6 Å². The van der Waals surface area contributed by atoms with Crippen molar-refractivity contribution in [1.29, 1.82) is 0 Å². The summed E-state index contributed by atoms with van der Waals surface area (Å²) in [5.74, 6) is 1.06. The minimum absolute atomic E-state index is 0.372. The van der Waals surface area contributed by atoms with Crippen molar-refractivity contribution in [1.82, 2.24) is 0 Å². The zero-order valence-electron chi connectivity index (χ0n) is 18.6. The fraction of sp³-hybridized carbons (Fsp3) is 1.00. The SMILES string of the molecule is OCCCCCCCCCCCCCCCCCCCCCCCCCS. The topological polar surface area (TPSA) is 20.2 Å². The van der Waals surface area contributed by atoms with E-state index in [9.17, 15) is 0 Å². The van der Waals surface area contributed by atoms with Crippen LogP contribution in [0.3, 0.4) is 0 Å². The Bertz CT molecular complexity index is 220. The van der Waals surface area contributed by atoms with Crippen LogP contribution in [-0.4, -0.2) is 17.5 Å². The predicted molar refractivity (Wildman–Crippen MR) is 127 cm³/mol. The predicted octanol–water partition coefficient (Wildman–Crippen LogP) is 8.88.